The van der Waals surface area contributed by atoms with Crippen molar-refractivity contribution in [3.8, 4) is 11.4 Å². The number of piperidine rings is 1. The van der Waals surface area contributed by atoms with Gasteiger partial charge in [0.05, 0.1) is 12.4 Å². The van der Waals surface area contributed by atoms with Crippen molar-refractivity contribution < 1.29 is 9.18 Å². The Labute approximate surface area is 173 Å². The van der Waals surface area contributed by atoms with E-state index in [2.05, 4.69) is 30.2 Å². The van der Waals surface area contributed by atoms with E-state index in [0.717, 1.165) is 42.8 Å². The number of hydrogen-bond donors (Lipinski definition) is 1. The Kier molecular flexibility index (Phi) is 4.61. The van der Waals surface area contributed by atoms with Gasteiger partial charge in [-0.15, -0.1) is 0 Å². The number of rotatable bonds is 4. The van der Waals surface area contributed by atoms with E-state index in [-0.39, 0.29) is 11.9 Å². The summed E-state index contributed by atoms with van der Waals surface area (Å²) in [5.74, 6) is 0.771. The van der Waals surface area contributed by atoms with Crippen molar-refractivity contribution in [1.29, 1.82) is 0 Å². The van der Waals surface area contributed by atoms with Crippen LogP contribution < -0.4 is 10.2 Å². The molecule has 1 saturated carbocycles. The van der Waals surface area contributed by atoms with Crippen molar-refractivity contribution in [3.05, 3.63) is 60.4 Å². The molecule has 2 aliphatic rings. The van der Waals surface area contributed by atoms with E-state index in [9.17, 15) is 9.18 Å². The van der Waals surface area contributed by atoms with Crippen LogP contribution in [0.2, 0.25) is 0 Å². The first-order valence-corrected chi connectivity index (χ1v) is 10.0. The van der Waals surface area contributed by atoms with E-state index in [1.807, 2.05) is 25.1 Å². The molecule has 1 amide bonds. The zero-order chi connectivity index (χ0) is 20.7. The second kappa shape index (κ2) is 7.44. The van der Waals surface area contributed by atoms with E-state index in [4.69, 9.17) is 0 Å². The summed E-state index contributed by atoms with van der Waals surface area (Å²) in [6.07, 6.45) is 8.77. The SMILES string of the molecule is Cc1ccc(NC(=O)[C@H]2[C@@H]3CC[C@@H](C3)N2c2ncccn2)cc1-c1ncc(F)cn1. The fourth-order valence-electron chi connectivity index (χ4n) is 4.65. The zero-order valence-corrected chi connectivity index (χ0v) is 16.5. The first-order valence-electron chi connectivity index (χ1n) is 10.0. The highest BCUT2D eigenvalue weighted by Gasteiger charge is 2.50. The molecule has 3 atom stereocenters. The number of hydrogen-bond acceptors (Lipinski definition) is 6. The Morgan fingerprint density at radius 3 is 2.67 bits per heavy atom. The molecule has 8 heteroatoms. The number of amides is 1. The molecule has 2 aromatic heterocycles. The summed E-state index contributed by atoms with van der Waals surface area (Å²) in [5, 5.41) is 3.05. The first kappa shape index (κ1) is 18.6. The summed E-state index contributed by atoms with van der Waals surface area (Å²) in [5.41, 5.74) is 2.35. The predicted octanol–water partition coefficient (Wildman–Crippen LogP) is 3.38. The van der Waals surface area contributed by atoms with Crippen molar-refractivity contribution in [2.24, 2.45) is 5.92 Å². The van der Waals surface area contributed by atoms with Gasteiger partial charge in [0.25, 0.3) is 0 Å². The van der Waals surface area contributed by atoms with Crippen molar-refractivity contribution in [1.82, 2.24) is 19.9 Å². The fraction of sp³-hybridized carbons (Fsp3) is 0.318. The number of anilines is 2. The van der Waals surface area contributed by atoms with Gasteiger partial charge in [-0.3, -0.25) is 4.79 Å². The van der Waals surface area contributed by atoms with Gasteiger partial charge in [0.15, 0.2) is 11.6 Å². The van der Waals surface area contributed by atoms with Crippen LogP contribution in [0.4, 0.5) is 16.0 Å². The number of benzene rings is 1. The molecular weight excluding hydrogens is 383 g/mol. The quantitative estimate of drug-likeness (QED) is 0.718. The Balaban J connectivity index is 1.41. The van der Waals surface area contributed by atoms with E-state index >= 15 is 0 Å². The predicted molar refractivity (Wildman–Crippen MR) is 110 cm³/mol. The molecule has 2 bridgehead atoms. The Bertz CT molecular complexity index is 1070. The standard InChI is InChI=1S/C22H21FN6O/c1-13-3-5-16(10-18(13)20-26-11-15(23)12-27-20)28-21(30)19-14-4-6-17(9-14)29(19)22-24-7-2-8-25-22/h2-3,5,7-8,10-12,14,17,19H,4,6,9H2,1H3,(H,28,30)/t14-,17+,19-/m1/s1. The van der Waals surface area contributed by atoms with Gasteiger partial charge in [0.1, 0.15) is 6.04 Å². The molecule has 3 heterocycles. The molecular formula is C22H21FN6O. The third-order valence-corrected chi connectivity index (χ3v) is 6.00. The van der Waals surface area contributed by atoms with Gasteiger partial charge in [0, 0.05) is 29.7 Å². The normalized spacial score (nSPS) is 22.3. The minimum Gasteiger partial charge on any atom is -0.326 e. The largest absolute Gasteiger partial charge is 0.326 e. The molecule has 1 aliphatic heterocycles. The summed E-state index contributed by atoms with van der Waals surface area (Å²) >= 11 is 0. The molecule has 30 heavy (non-hydrogen) atoms. The summed E-state index contributed by atoms with van der Waals surface area (Å²) in [6.45, 7) is 1.93. The van der Waals surface area contributed by atoms with Gasteiger partial charge in [-0.2, -0.15) is 0 Å². The van der Waals surface area contributed by atoms with Gasteiger partial charge >= 0.3 is 0 Å². The van der Waals surface area contributed by atoms with E-state index in [0.29, 0.717) is 29.4 Å². The average molecular weight is 404 g/mol. The Morgan fingerprint density at radius 2 is 1.90 bits per heavy atom. The number of aryl methyl sites for hydroxylation is 1. The number of carbonyl (C=O) groups excluding carboxylic acids is 1. The van der Waals surface area contributed by atoms with Crippen molar-refractivity contribution in [3.63, 3.8) is 0 Å². The average Bonchev–Trinajstić information content (AvgIpc) is 3.38. The highest BCUT2D eigenvalue weighted by Crippen LogP contribution is 2.44. The lowest BCUT2D eigenvalue weighted by atomic mass is 9.97. The van der Waals surface area contributed by atoms with Crippen LogP contribution in [-0.4, -0.2) is 37.9 Å². The van der Waals surface area contributed by atoms with Crippen molar-refractivity contribution in [2.75, 3.05) is 10.2 Å². The molecule has 1 aliphatic carbocycles. The lowest BCUT2D eigenvalue weighted by Gasteiger charge is -2.34. The molecule has 0 radical (unpaired) electrons. The summed E-state index contributed by atoms with van der Waals surface area (Å²) in [6, 6.07) is 7.37. The van der Waals surface area contributed by atoms with Gasteiger partial charge in [-0.05, 0) is 55.9 Å². The van der Waals surface area contributed by atoms with Crippen molar-refractivity contribution in [2.45, 2.75) is 38.3 Å². The van der Waals surface area contributed by atoms with Gasteiger partial charge in [-0.25, -0.2) is 24.3 Å². The van der Waals surface area contributed by atoms with Crippen LogP contribution in [0.5, 0.6) is 0 Å². The number of fused-ring (bicyclic) bond motifs is 2. The lowest BCUT2D eigenvalue weighted by molar-refractivity contribution is -0.118. The second-order valence-corrected chi connectivity index (χ2v) is 7.87. The summed E-state index contributed by atoms with van der Waals surface area (Å²) in [7, 11) is 0. The van der Waals surface area contributed by atoms with E-state index in [1.165, 1.54) is 0 Å². The maximum Gasteiger partial charge on any atom is 0.247 e. The molecule has 2 fully saturated rings. The number of nitrogens with one attached hydrogen (secondary N) is 1. The third-order valence-electron chi connectivity index (χ3n) is 6.00. The maximum atomic E-state index is 13.3. The molecule has 152 valence electrons. The van der Waals surface area contributed by atoms with Gasteiger partial charge in [-0.1, -0.05) is 6.07 Å². The molecule has 3 aromatic rings. The minimum absolute atomic E-state index is 0.0653. The molecule has 1 aromatic carbocycles. The summed E-state index contributed by atoms with van der Waals surface area (Å²) < 4.78 is 13.2. The lowest BCUT2D eigenvalue weighted by Crippen LogP contribution is -2.49. The highest BCUT2D eigenvalue weighted by atomic mass is 19.1. The van der Waals surface area contributed by atoms with E-state index in [1.54, 1.807) is 18.5 Å². The number of carbonyl (C=O) groups is 1. The molecule has 7 nitrogen and oxygen atoms in total. The molecule has 5 rings (SSSR count). The van der Waals surface area contributed by atoms with Crippen LogP contribution in [0.25, 0.3) is 11.4 Å². The van der Waals surface area contributed by atoms with E-state index < -0.39 is 5.82 Å². The van der Waals surface area contributed by atoms with Crippen LogP contribution in [0.1, 0.15) is 24.8 Å². The maximum absolute atomic E-state index is 13.3. The minimum atomic E-state index is -0.486. The molecule has 1 saturated heterocycles. The molecule has 0 spiro atoms. The molecule has 0 unspecified atom stereocenters. The van der Waals surface area contributed by atoms with Gasteiger partial charge < -0.3 is 10.2 Å². The van der Waals surface area contributed by atoms with Crippen LogP contribution in [0.15, 0.2) is 49.1 Å². The third kappa shape index (κ3) is 3.28. The summed E-state index contributed by atoms with van der Waals surface area (Å²) in [4.78, 5) is 32.2. The smallest absolute Gasteiger partial charge is 0.247 e. The Hall–Kier alpha value is -3.42. The number of aromatic nitrogens is 4. The van der Waals surface area contributed by atoms with Crippen LogP contribution in [0, 0.1) is 18.7 Å². The van der Waals surface area contributed by atoms with Crippen LogP contribution in [0.3, 0.4) is 0 Å². The zero-order valence-electron chi connectivity index (χ0n) is 16.5. The number of nitrogens with zero attached hydrogens (tertiary/aromatic N) is 5. The molecule has 1 N–H and O–H groups in total. The number of halogens is 1. The first-order chi connectivity index (χ1) is 14.6. The van der Waals surface area contributed by atoms with Crippen molar-refractivity contribution >= 4 is 17.5 Å². The topological polar surface area (TPSA) is 83.9 Å². The van der Waals surface area contributed by atoms with Crippen LogP contribution >= 0.6 is 0 Å². The van der Waals surface area contributed by atoms with Gasteiger partial charge in [0.2, 0.25) is 11.9 Å². The van der Waals surface area contributed by atoms with Crippen LogP contribution in [-0.2, 0) is 4.79 Å². The second-order valence-electron chi connectivity index (χ2n) is 7.87. The Morgan fingerprint density at radius 1 is 1.13 bits per heavy atom. The monoisotopic (exact) mass is 404 g/mol. The fourth-order valence-corrected chi connectivity index (χ4v) is 4.65. The highest BCUT2D eigenvalue weighted by molar-refractivity contribution is 5.98.